The van der Waals surface area contributed by atoms with Crippen LogP contribution in [-0.4, -0.2) is 49.6 Å². The van der Waals surface area contributed by atoms with Crippen LogP contribution in [0.2, 0.25) is 0 Å². The van der Waals surface area contributed by atoms with Crippen LogP contribution in [0.3, 0.4) is 0 Å². The summed E-state index contributed by atoms with van der Waals surface area (Å²) in [6.07, 6.45) is 6.00. The Hall–Kier alpha value is -1.10. The van der Waals surface area contributed by atoms with E-state index in [-0.39, 0.29) is 23.7 Å². The third-order valence-corrected chi connectivity index (χ3v) is 4.83. The molecule has 1 aliphatic heterocycles. The number of hydrogen-bond acceptors (Lipinski definition) is 3. The van der Waals surface area contributed by atoms with Crippen molar-refractivity contribution in [3.63, 3.8) is 0 Å². The molecule has 0 bridgehead atoms. The van der Waals surface area contributed by atoms with Crippen molar-refractivity contribution in [1.29, 1.82) is 0 Å². The Labute approximate surface area is 140 Å². The lowest BCUT2D eigenvalue weighted by Gasteiger charge is -2.32. The van der Waals surface area contributed by atoms with Crippen LogP contribution in [0.15, 0.2) is 0 Å². The molecule has 0 aromatic rings. The van der Waals surface area contributed by atoms with Crippen LogP contribution in [0.1, 0.15) is 52.4 Å². The largest absolute Gasteiger partial charge is 0.379 e. The number of rotatable bonds is 7. The molecule has 1 N–H and O–H groups in total. The van der Waals surface area contributed by atoms with Crippen LogP contribution < -0.4 is 5.32 Å². The second-order valence-electron chi connectivity index (χ2n) is 7.29. The third kappa shape index (κ3) is 5.48. The number of nitrogens with one attached hydrogen (secondary N) is 1. The average molecular weight is 324 g/mol. The van der Waals surface area contributed by atoms with E-state index in [4.69, 9.17) is 4.74 Å². The molecule has 2 rings (SSSR count). The van der Waals surface area contributed by atoms with Crippen LogP contribution in [0.4, 0.5) is 0 Å². The van der Waals surface area contributed by atoms with E-state index in [0.717, 1.165) is 58.2 Å². The molecule has 132 valence electrons. The molecular formula is C18H32N2O3. The van der Waals surface area contributed by atoms with Crippen molar-refractivity contribution in [3.8, 4) is 0 Å². The second kappa shape index (κ2) is 9.26. The van der Waals surface area contributed by atoms with Gasteiger partial charge in [-0.1, -0.05) is 26.7 Å². The van der Waals surface area contributed by atoms with Gasteiger partial charge in [-0.15, -0.1) is 0 Å². The minimum atomic E-state index is -0.151. The molecular weight excluding hydrogens is 292 g/mol. The molecule has 0 spiro atoms. The van der Waals surface area contributed by atoms with Crippen molar-refractivity contribution in [3.05, 3.63) is 0 Å². The van der Waals surface area contributed by atoms with Crippen LogP contribution in [0.5, 0.6) is 0 Å². The van der Waals surface area contributed by atoms with Gasteiger partial charge < -0.3 is 15.0 Å². The lowest BCUT2D eigenvalue weighted by molar-refractivity contribution is -0.142. The maximum absolute atomic E-state index is 12.7. The lowest BCUT2D eigenvalue weighted by atomic mass is 9.78. The summed E-state index contributed by atoms with van der Waals surface area (Å²) in [4.78, 5) is 27.1. The molecule has 2 amide bonds. The summed E-state index contributed by atoms with van der Waals surface area (Å²) in [7, 11) is 0. The summed E-state index contributed by atoms with van der Waals surface area (Å²) in [5.41, 5.74) is 0. The van der Waals surface area contributed by atoms with Crippen LogP contribution in [0.25, 0.3) is 0 Å². The normalized spacial score (nSPS) is 24.9. The predicted molar refractivity (Wildman–Crippen MR) is 89.9 cm³/mol. The van der Waals surface area contributed by atoms with E-state index in [1.165, 1.54) is 0 Å². The maximum Gasteiger partial charge on any atom is 0.226 e. The number of likely N-dealkylation sites (tertiary alicyclic amines) is 1. The second-order valence-corrected chi connectivity index (χ2v) is 7.29. The number of carbonyl (C=O) groups is 2. The number of nitrogens with zero attached hydrogens (tertiary/aromatic N) is 1. The lowest BCUT2D eigenvalue weighted by Crippen LogP contribution is -2.45. The van der Waals surface area contributed by atoms with Gasteiger partial charge in [-0.2, -0.15) is 0 Å². The fourth-order valence-electron chi connectivity index (χ4n) is 3.61. The summed E-state index contributed by atoms with van der Waals surface area (Å²) in [5.74, 6) is 0.487. The van der Waals surface area contributed by atoms with Crippen LogP contribution in [-0.2, 0) is 14.3 Å². The highest BCUT2D eigenvalue weighted by molar-refractivity contribution is 5.88. The highest BCUT2D eigenvalue weighted by atomic mass is 16.5. The zero-order chi connectivity index (χ0) is 16.7. The van der Waals surface area contributed by atoms with Gasteiger partial charge in [0.25, 0.3) is 0 Å². The number of amides is 2. The van der Waals surface area contributed by atoms with E-state index in [1.807, 2.05) is 4.90 Å². The standard InChI is InChI=1S/C18H32N2O3/c1-14(2)13-23-12-9-19-17(21)15-7-3-4-8-16(15)18(22)20-10-5-6-11-20/h14-16H,3-13H2,1-2H3,(H,19,21)/t15-,16+/m0/s1. The third-order valence-electron chi connectivity index (χ3n) is 4.83. The Morgan fingerprint density at radius 3 is 2.39 bits per heavy atom. The van der Waals surface area contributed by atoms with E-state index >= 15 is 0 Å². The highest BCUT2D eigenvalue weighted by Crippen LogP contribution is 2.32. The van der Waals surface area contributed by atoms with Gasteiger partial charge >= 0.3 is 0 Å². The van der Waals surface area contributed by atoms with Crippen molar-refractivity contribution in [2.45, 2.75) is 52.4 Å². The SMILES string of the molecule is CC(C)COCCNC(=O)[C@H]1CCCC[C@H]1C(=O)N1CCCC1. The van der Waals surface area contributed by atoms with Gasteiger partial charge in [-0.25, -0.2) is 0 Å². The van der Waals surface area contributed by atoms with Crippen molar-refractivity contribution in [2.75, 3.05) is 32.8 Å². The Morgan fingerprint density at radius 1 is 1.09 bits per heavy atom. The van der Waals surface area contributed by atoms with Crippen molar-refractivity contribution in [2.24, 2.45) is 17.8 Å². The number of carbonyl (C=O) groups excluding carboxylic acids is 2. The first-order chi connectivity index (χ1) is 11.1. The highest BCUT2D eigenvalue weighted by Gasteiger charge is 2.38. The minimum absolute atomic E-state index is 0.0374. The Kier molecular flexibility index (Phi) is 7.34. The molecule has 0 radical (unpaired) electrons. The Balaban J connectivity index is 1.80. The van der Waals surface area contributed by atoms with E-state index in [2.05, 4.69) is 19.2 Å². The molecule has 2 atom stereocenters. The fraction of sp³-hybridized carbons (Fsp3) is 0.889. The van der Waals surface area contributed by atoms with Gasteiger partial charge in [-0.3, -0.25) is 9.59 Å². The van der Waals surface area contributed by atoms with Gasteiger partial charge in [0.15, 0.2) is 0 Å². The maximum atomic E-state index is 12.7. The zero-order valence-corrected chi connectivity index (χ0v) is 14.7. The first-order valence-corrected chi connectivity index (χ1v) is 9.24. The molecule has 0 aromatic heterocycles. The molecule has 1 saturated heterocycles. The molecule has 1 aliphatic carbocycles. The van der Waals surface area contributed by atoms with E-state index in [0.29, 0.717) is 19.1 Å². The molecule has 2 aliphatic rings. The van der Waals surface area contributed by atoms with Gasteiger partial charge in [0.1, 0.15) is 0 Å². The van der Waals surface area contributed by atoms with E-state index < -0.39 is 0 Å². The molecule has 1 heterocycles. The van der Waals surface area contributed by atoms with Crippen molar-refractivity contribution in [1.82, 2.24) is 10.2 Å². The van der Waals surface area contributed by atoms with Gasteiger partial charge in [0.05, 0.1) is 6.61 Å². The molecule has 5 heteroatoms. The van der Waals surface area contributed by atoms with Gasteiger partial charge in [-0.05, 0) is 31.6 Å². The molecule has 0 unspecified atom stereocenters. The average Bonchev–Trinajstić information content (AvgIpc) is 3.08. The first-order valence-electron chi connectivity index (χ1n) is 9.24. The quantitative estimate of drug-likeness (QED) is 0.731. The summed E-state index contributed by atoms with van der Waals surface area (Å²) in [5, 5.41) is 2.97. The molecule has 23 heavy (non-hydrogen) atoms. The molecule has 0 aromatic carbocycles. The van der Waals surface area contributed by atoms with Crippen molar-refractivity contribution < 1.29 is 14.3 Å². The van der Waals surface area contributed by atoms with Crippen LogP contribution >= 0.6 is 0 Å². The monoisotopic (exact) mass is 324 g/mol. The smallest absolute Gasteiger partial charge is 0.226 e. The van der Waals surface area contributed by atoms with Crippen LogP contribution in [0, 0.1) is 17.8 Å². The van der Waals surface area contributed by atoms with Crippen molar-refractivity contribution >= 4 is 11.8 Å². The molecule has 2 fully saturated rings. The minimum Gasteiger partial charge on any atom is -0.379 e. The fourth-order valence-corrected chi connectivity index (χ4v) is 3.61. The van der Waals surface area contributed by atoms with E-state index in [9.17, 15) is 9.59 Å². The van der Waals surface area contributed by atoms with E-state index in [1.54, 1.807) is 0 Å². The van der Waals surface area contributed by atoms with Gasteiger partial charge in [0, 0.05) is 38.1 Å². The number of hydrogen-bond donors (Lipinski definition) is 1. The summed E-state index contributed by atoms with van der Waals surface area (Å²) < 4.78 is 5.50. The topological polar surface area (TPSA) is 58.6 Å². The number of ether oxygens (including phenoxy) is 1. The Morgan fingerprint density at radius 2 is 1.74 bits per heavy atom. The van der Waals surface area contributed by atoms with Gasteiger partial charge in [0.2, 0.25) is 11.8 Å². The zero-order valence-electron chi connectivity index (χ0n) is 14.7. The first kappa shape index (κ1) is 18.2. The summed E-state index contributed by atoms with van der Waals surface area (Å²) in [6.45, 7) is 7.74. The predicted octanol–water partition coefficient (Wildman–Crippen LogP) is 2.20. The molecule has 1 saturated carbocycles. The molecule has 5 nitrogen and oxygen atoms in total. The summed E-state index contributed by atoms with van der Waals surface area (Å²) >= 11 is 0. The summed E-state index contributed by atoms with van der Waals surface area (Å²) in [6, 6.07) is 0. The Bertz CT molecular complexity index is 392.